The van der Waals surface area contributed by atoms with Gasteiger partial charge in [-0.25, -0.2) is 13.8 Å². The Morgan fingerprint density at radius 1 is 1.22 bits per heavy atom. The number of anilines is 1. The fraction of sp³-hybridized carbons (Fsp3) is 0.522. The van der Waals surface area contributed by atoms with Crippen molar-refractivity contribution in [2.75, 3.05) is 11.9 Å². The number of amides is 2. The molecule has 6 nitrogen and oxygen atoms in total. The smallest absolute Gasteiger partial charge is 0.246 e. The van der Waals surface area contributed by atoms with E-state index >= 15 is 0 Å². The minimum absolute atomic E-state index is 0.0734. The van der Waals surface area contributed by atoms with Gasteiger partial charge in [0.05, 0.1) is 5.69 Å². The van der Waals surface area contributed by atoms with E-state index in [1.165, 1.54) is 11.3 Å². The maximum Gasteiger partial charge on any atom is 0.246 e. The number of aromatic nitrogens is 1. The first-order valence-corrected chi connectivity index (χ1v) is 11.8. The minimum Gasteiger partial charge on any atom is -0.352 e. The molecule has 2 N–H and O–H groups in total. The highest BCUT2D eigenvalue weighted by Crippen LogP contribution is 2.32. The summed E-state index contributed by atoms with van der Waals surface area (Å²) in [5, 5.41) is 8.28. The third kappa shape index (κ3) is 4.92. The molecule has 0 radical (unpaired) electrons. The predicted molar refractivity (Wildman–Crippen MR) is 120 cm³/mol. The van der Waals surface area contributed by atoms with E-state index in [0.717, 1.165) is 37.5 Å². The summed E-state index contributed by atoms with van der Waals surface area (Å²) in [5.74, 6) is -1.34. The molecule has 172 valence electrons. The molecule has 2 fully saturated rings. The number of hydrogen-bond acceptors (Lipinski definition) is 5. The number of nitrogens with zero attached hydrogens (tertiary/aromatic N) is 2. The van der Waals surface area contributed by atoms with Crippen molar-refractivity contribution in [1.82, 2.24) is 15.2 Å². The Bertz CT molecular complexity index is 1020. The van der Waals surface area contributed by atoms with Gasteiger partial charge in [-0.1, -0.05) is 20.8 Å². The first-order chi connectivity index (χ1) is 15.1. The molecule has 0 bridgehead atoms. The average molecular weight is 463 g/mol. The molecule has 9 heteroatoms. The highest BCUT2D eigenvalue weighted by molar-refractivity contribution is 7.14. The van der Waals surface area contributed by atoms with Gasteiger partial charge in [0.15, 0.2) is 5.13 Å². The zero-order valence-electron chi connectivity index (χ0n) is 18.5. The normalized spacial score (nSPS) is 19.7. The molecule has 0 unspecified atom stereocenters. The van der Waals surface area contributed by atoms with E-state index < -0.39 is 29.1 Å². The van der Waals surface area contributed by atoms with Crippen molar-refractivity contribution in [2.45, 2.75) is 64.6 Å². The molecule has 1 saturated heterocycles. The number of nitrogens with one attached hydrogen (secondary N) is 2. The topological polar surface area (TPSA) is 74.3 Å². The zero-order valence-corrected chi connectivity index (χ0v) is 19.3. The number of rotatable bonds is 6. The van der Waals surface area contributed by atoms with Crippen LogP contribution in [0.1, 0.15) is 46.5 Å². The molecular weight excluding hydrogens is 434 g/mol. The molecule has 2 heterocycles. The SMILES string of the molecule is CC(C)(C)[C@H](Nc1nc(-c2cc(F)ccc2F)cs1)C(=O)N1CCC[C@H]1C(=O)NC1CC1. The van der Waals surface area contributed by atoms with Gasteiger partial charge in [0.2, 0.25) is 11.8 Å². The summed E-state index contributed by atoms with van der Waals surface area (Å²) in [5.41, 5.74) is -0.0885. The molecule has 4 rings (SSSR count). The summed E-state index contributed by atoms with van der Waals surface area (Å²) in [6, 6.07) is 2.39. The van der Waals surface area contributed by atoms with Crippen LogP contribution in [0.25, 0.3) is 11.3 Å². The number of benzene rings is 1. The first-order valence-electron chi connectivity index (χ1n) is 10.9. The third-order valence-corrected chi connectivity index (χ3v) is 6.63. The molecule has 2 aromatic rings. The lowest BCUT2D eigenvalue weighted by molar-refractivity contribution is -0.140. The summed E-state index contributed by atoms with van der Waals surface area (Å²) in [7, 11) is 0. The maximum absolute atomic E-state index is 14.1. The highest BCUT2D eigenvalue weighted by Gasteiger charge is 2.42. The Morgan fingerprint density at radius 2 is 1.97 bits per heavy atom. The van der Waals surface area contributed by atoms with E-state index in [4.69, 9.17) is 0 Å². The lowest BCUT2D eigenvalue weighted by Gasteiger charge is -2.35. The lowest BCUT2D eigenvalue weighted by atomic mass is 9.85. The largest absolute Gasteiger partial charge is 0.352 e. The van der Waals surface area contributed by atoms with Crippen LogP contribution >= 0.6 is 11.3 Å². The Kier molecular flexibility index (Phi) is 6.20. The van der Waals surface area contributed by atoms with Gasteiger partial charge in [-0.05, 0) is 49.3 Å². The van der Waals surface area contributed by atoms with Gasteiger partial charge in [-0.3, -0.25) is 9.59 Å². The van der Waals surface area contributed by atoms with Gasteiger partial charge >= 0.3 is 0 Å². The third-order valence-electron chi connectivity index (χ3n) is 5.85. The van der Waals surface area contributed by atoms with Crippen molar-refractivity contribution in [3.8, 4) is 11.3 Å². The molecule has 2 aliphatic rings. The van der Waals surface area contributed by atoms with Crippen LogP contribution in [0.3, 0.4) is 0 Å². The van der Waals surface area contributed by atoms with E-state index in [2.05, 4.69) is 15.6 Å². The van der Waals surface area contributed by atoms with Crippen molar-refractivity contribution in [1.29, 1.82) is 0 Å². The van der Waals surface area contributed by atoms with E-state index in [-0.39, 0.29) is 23.4 Å². The molecule has 32 heavy (non-hydrogen) atoms. The number of halogens is 2. The molecule has 1 aliphatic carbocycles. The van der Waals surface area contributed by atoms with Crippen molar-refractivity contribution >= 4 is 28.3 Å². The van der Waals surface area contributed by atoms with E-state index in [1.54, 1.807) is 10.3 Å². The Hall–Kier alpha value is -2.55. The summed E-state index contributed by atoms with van der Waals surface area (Å²) in [4.78, 5) is 32.3. The Labute approximate surface area is 190 Å². The van der Waals surface area contributed by atoms with Crippen molar-refractivity contribution in [3.05, 3.63) is 35.2 Å². The highest BCUT2D eigenvalue weighted by atomic mass is 32.1. The van der Waals surface area contributed by atoms with E-state index in [0.29, 0.717) is 23.8 Å². The molecular formula is C23H28F2N4O2S. The van der Waals surface area contributed by atoms with Crippen LogP contribution in [0.5, 0.6) is 0 Å². The molecule has 0 spiro atoms. The van der Waals surface area contributed by atoms with Crippen LogP contribution in [-0.4, -0.2) is 46.4 Å². The zero-order chi connectivity index (χ0) is 23.0. The predicted octanol–water partition coefficient (Wildman–Crippen LogP) is 4.18. The molecule has 2 amide bonds. The van der Waals surface area contributed by atoms with Crippen molar-refractivity contribution in [2.24, 2.45) is 5.41 Å². The van der Waals surface area contributed by atoms with Gasteiger partial charge < -0.3 is 15.5 Å². The number of hydrogen-bond donors (Lipinski definition) is 2. The van der Waals surface area contributed by atoms with E-state index in [9.17, 15) is 18.4 Å². The van der Waals surface area contributed by atoms with Gasteiger partial charge in [0.25, 0.3) is 0 Å². The van der Waals surface area contributed by atoms with Crippen LogP contribution in [-0.2, 0) is 9.59 Å². The number of carbonyl (C=O) groups excluding carboxylic acids is 2. The maximum atomic E-state index is 14.1. The first kappa shape index (κ1) is 22.6. The fourth-order valence-corrected chi connectivity index (χ4v) is 4.66. The molecule has 1 aromatic carbocycles. The Morgan fingerprint density at radius 3 is 2.66 bits per heavy atom. The second-order valence-corrected chi connectivity index (χ2v) is 10.4. The summed E-state index contributed by atoms with van der Waals surface area (Å²) < 4.78 is 27.7. The number of carbonyl (C=O) groups is 2. The quantitative estimate of drug-likeness (QED) is 0.675. The van der Waals surface area contributed by atoms with Gasteiger partial charge in [0.1, 0.15) is 23.7 Å². The molecule has 1 aromatic heterocycles. The average Bonchev–Trinajstić information content (AvgIpc) is 3.22. The minimum atomic E-state index is -0.631. The summed E-state index contributed by atoms with van der Waals surface area (Å²) >= 11 is 1.23. The van der Waals surface area contributed by atoms with Crippen LogP contribution in [0.2, 0.25) is 0 Å². The van der Waals surface area contributed by atoms with Gasteiger partial charge in [-0.15, -0.1) is 11.3 Å². The lowest BCUT2D eigenvalue weighted by Crippen LogP contribution is -2.54. The summed E-state index contributed by atoms with van der Waals surface area (Å²) in [6.45, 7) is 6.36. The fourth-order valence-electron chi connectivity index (χ4n) is 3.92. The number of likely N-dealkylation sites (tertiary alicyclic amines) is 1. The number of thiazole rings is 1. The molecule has 1 saturated carbocycles. The van der Waals surface area contributed by atoms with Crippen molar-refractivity contribution < 1.29 is 18.4 Å². The van der Waals surface area contributed by atoms with Gasteiger partial charge in [-0.2, -0.15) is 0 Å². The van der Waals surface area contributed by atoms with Crippen molar-refractivity contribution in [3.63, 3.8) is 0 Å². The van der Waals surface area contributed by atoms with Crippen LogP contribution in [0.4, 0.5) is 13.9 Å². The molecule has 1 aliphatic heterocycles. The van der Waals surface area contributed by atoms with E-state index in [1.807, 2.05) is 20.8 Å². The van der Waals surface area contributed by atoms with Crippen LogP contribution in [0.15, 0.2) is 23.6 Å². The second-order valence-electron chi connectivity index (χ2n) is 9.58. The Balaban J connectivity index is 1.53. The standard InChI is InChI=1S/C23H28F2N4O2S/c1-23(2,3)19(21(31)29-10-4-5-18(29)20(30)26-14-7-8-14)28-22-27-17(12-32-22)15-11-13(24)6-9-16(15)25/h6,9,11-12,14,18-19H,4-5,7-8,10H2,1-3H3,(H,26,30)(H,27,28)/t18-,19+/m0/s1. The van der Waals surface area contributed by atoms with Crippen LogP contribution in [0, 0.1) is 17.0 Å². The van der Waals surface area contributed by atoms with Gasteiger partial charge in [0, 0.05) is 23.5 Å². The monoisotopic (exact) mass is 462 g/mol. The molecule has 2 atom stereocenters. The second kappa shape index (κ2) is 8.77. The van der Waals surface area contributed by atoms with Crippen LogP contribution < -0.4 is 10.6 Å². The summed E-state index contributed by atoms with van der Waals surface area (Å²) in [6.07, 6.45) is 3.43.